The molecule has 0 aliphatic carbocycles. The van der Waals surface area contributed by atoms with E-state index in [0.29, 0.717) is 28.9 Å². The first-order chi connectivity index (χ1) is 13.6. The third kappa shape index (κ3) is 5.49. The third-order valence-electron chi connectivity index (χ3n) is 4.65. The molecular formula is C21H24ClNO4S. The average Bonchev–Trinajstić information content (AvgIpc) is 3.14. The lowest BCUT2D eigenvalue weighted by atomic mass is 10.1. The molecule has 1 fully saturated rings. The van der Waals surface area contributed by atoms with Gasteiger partial charge in [0, 0.05) is 38.8 Å². The first-order valence-corrected chi connectivity index (χ1v) is 10.7. The minimum Gasteiger partial charge on any atom is -0.490 e. The predicted molar refractivity (Wildman–Crippen MR) is 111 cm³/mol. The Morgan fingerprint density at radius 3 is 2.46 bits per heavy atom. The van der Waals surface area contributed by atoms with Crippen LogP contribution in [0.2, 0.25) is 4.34 Å². The van der Waals surface area contributed by atoms with Gasteiger partial charge in [0.1, 0.15) is 6.10 Å². The molecule has 7 heteroatoms. The van der Waals surface area contributed by atoms with Crippen LogP contribution in [0.1, 0.15) is 42.3 Å². The second kappa shape index (κ2) is 9.94. The lowest BCUT2D eigenvalue weighted by Crippen LogP contribution is -2.41. The molecule has 0 saturated carbocycles. The number of hydrogen-bond acceptors (Lipinski definition) is 5. The lowest BCUT2D eigenvalue weighted by molar-refractivity contribution is -0.132. The minimum atomic E-state index is -0.0315. The van der Waals surface area contributed by atoms with Crippen molar-refractivity contribution in [2.24, 2.45) is 0 Å². The van der Waals surface area contributed by atoms with Crippen molar-refractivity contribution in [3.05, 3.63) is 45.6 Å². The van der Waals surface area contributed by atoms with Crippen LogP contribution in [0.25, 0.3) is 0 Å². The molecule has 150 valence electrons. The second-order valence-corrected chi connectivity index (χ2v) is 8.32. The summed E-state index contributed by atoms with van der Waals surface area (Å²) in [6.07, 6.45) is 2.03. The number of rotatable bonds is 8. The fraction of sp³-hybridized carbons (Fsp3) is 0.429. The van der Waals surface area contributed by atoms with E-state index < -0.39 is 0 Å². The normalized spacial score (nSPS) is 14.7. The maximum atomic E-state index is 12.4. The number of nitrogens with zero attached hydrogens (tertiary/aromatic N) is 1. The van der Waals surface area contributed by atoms with Gasteiger partial charge < -0.3 is 14.4 Å². The molecule has 0 atom stereocenters. The first kappa shape index (κ1) is 20.7. The predicted octanol–water partition coefficient (Wildman–Crippen LogP) is 4.83. The van der Waals surface area contributed by atoms with Gasteiger partial charge >= 0.3 is 0 Å². The zero-order valence-corrected chi connectivity index (χ0v) is 17.4. The molecule has 3 rings (SSSR count). The van der Waals surface area contributed by atoms with E-state index in [0.717, 1.165) is 24.3 Å². The van der Waals surface area contributed by atoms with Gasteiger partial charge in [-0.3, -0.25) is 9.59 Å². The maximum absolute atomic E-state index is 12.4. The SMILES string of the molecule is CCOc1ccccc1OC1CCN(C(=O)CCC(=O)c2ccc(Cl)s2)CC1. The summed E-state index contributed by atoms with van der Waals surface area (Å²) in [5.41, 5.74) is 0. The van der Waals surface area contributed by atoms with Gasteiger partial charge in [0.05, 0.1) is 15.8 Å². The van der Waals surface area contributed by atoms with Gasteiger partial charge in [-0.05, 0) is 31.2 Å². The van der Waals surface area contributed by atoms with Crippen molar-refractivity contribution in [3.63, 3.8) is 0 Å². The van der Waals surface area contributed by atoms with E-state index in [4.69, 9.17) is 21.1 Å². The number of para-hydroxylation sites is 2. The number of Topliss-reactive ketones (excluding diaryl/α,β-unsaturated/α-hetero) is 1. The van der Waals surface area contributed by atoms with Crippen molar-refractivity contribution < 1.29 is 19.1 Å². The van der Waals surface area contributed by atoms with Crippen molar-refractivity contribution in [1.29, 1.82) is 0 Å². The highest BCUT2D eigenvalue weighted by molar-refractivity contribution is 7.18. The molecule has 1 aromatic carbocycles. The van der Waals surface area contributed by atoms with E-state index in [1.165, 1.54) is 11.3 Å². The Morgan fingerprint density at radius 2 is 1.82 bits per heavy atom. The van der Waals surface area contributed by atoms with Crippen LogP contribution in [0.3, 0.4) is 0 Å². The van der Waals surface area contributed by atoms with Gasteiger partial charge in [-0.2, -0.15) is 0 Å². The monoisotopic (exact) mass is 421 g/mol. The fourth-order valence-corrected chi connectivity index (χ4v) is 4.20. The number of carbonyl (C=O) groups is 2. The lowest BCUT2D eigenvalue weighted by Gasteiger charge is -2.32. The number of benzene rings is 1. The molecule has 2 heterocycles. The molecular weight excluding hydrogens is 398 g/mol. The molecule has 0 bridgehead atoms. The summed E-state index contributed by atoms with van der Waals surface area (Å²) < 4.78 is 12.3. The largest absolute Gasteiger partial charge is 0.490 e. The zero-order valence-electron chi connectivity index (χ0n) is 15.9. The van der Waals surface area contributed by atoms with Crippen LogP contribution in [0.4, 0.5) is 0 Å². The molecule has 1 aliphatic heterocycles. The van der Waals surface area contributed by atoms with Gasteiger partial charge in [-0.15, -0.1) is 11.3 Å². The summed E-state index contributed by atoms with van der Waals surface area (Å²) >= 11 is 7.11. The van der Waals surface area contributed by atoms with Gasteiger partial charge in [0.2, 0.25) is 5.91 Å². The molecule has 1 amide bonds. The molecule has 1 aromatic heterocycles. The van der Waals surface area contributed by atoms with Gasteiger partial charge in [0.15, 0.2) is 17.3 Å². The molecule has 5 nitrogen and oxygen atoms in total. The van der Waals surface area contributed by atoms with Crippen molar-refractivity contribution in [3.8, 4) is 11.5 Å². The summed E-state index contributed by atoms with van der Waals surface area (Å²) in [7, 11) is 0. The Balaban J connectivity index is 1.44. The van der Waals surface area contributed by atoms with Crippen molar-refractivity contribution in [2.45, 2.75) is 38.7 Å². The van der Waals surface area contributed by atoms with Crippen LogP contribution in [0, 0.1) is 0 Å². The summed E-state index contributed by atoms with van der Waals surface area (Å²) in [5, 5.41) is 0. The smallest absolute Gasteiger partial charge is 0.223 e. The van der Waals surface area contributed by atoms with Crippen LogP contribution < -0.4 is 9.47 Å². The highest BCUT2D eigenvalue weighted by Crippen LogP contribution is 2.29. The van der Waals surface area contributed by atoms with Crippen LogP contribution in [-0.2, 0) is 4.79 Å². The van der Waals surface area contributed by atoms with E-state index in [1.807, 2.05) is 36.1 Å². The van der Waals surface area contributed by atoms with Gasteiger partial charge in [-0.1, -0.05) is 23.7 Å². The number of thiophene rings is 1. The van der Waals surface area contributed by atoms with E-state index in [2.05, 4.69) is 0 Å². The Hall–Kier alpha value is -2.05. The fourth-order valence-electron chi connectivity index (χ4n) is 3.19. The van der Waals surface area contributed by atoms with Crippen LogP contribution >= 0.6 is 22.9 Å². The Kier molecular flexibility index (Phi) is 7.34. The number of amides is 1. The van der Waals surface area contributed by atoms with Gasteiger partial charge in [0.25, 0.3) is 0 Å². The average molecular weight is 422 g/mol. The summed E-state index contributed by atoms with van der Waals surface area (Å²) in [4.78, 5) is 27.0. The van der Waals surface area contributed by atoms with Crippen LogP contribution in [0.15, 0.2) is 36.4 Å². The Morgan fingerprint density at radius 1 is 1.11 bits per heavy atom. The summed E-state index contributed by atoms with van der Waals surface area (Å²) in [5.74, 6) is 1.48. The minimum absolute atomic E-state index is 0.0177. The standard InChI is InChI=1S/C21H24ClNO4S/c1-2-26-17-5-3-4-6-18(17)27-15-11-13-23(14-12-15)21(25)10-7-16(24)19-8-9-20(22)28-19/h3-6,8-9,15H,2,7,10-14H2,1H3. The Labute approximate surface area is 174 Å². The topological polar surface area (TPSA) is 55.8 Å². The summed E-state index contributed by atoms with van der Waals surface area (Å²) in [6, 6.07) is 11.1. The number of ether oxygens (including phenoxy) is 2. The van der Waals surface area contributed by atoms with Gasteiger partial charge in [-0.25, -0.2) is 0 Å². The molecule has 1 saturated heterocycles. The van der Waals surface area contributed by atoms with Crippen LogP contribution in [0.5, 0.6) is 11.5 Å². The third-order valence-corrected chi connectivity index (χ3v) is 5.92. The van der Waals surface area contributed by atoms with Crippen LogP contribution in [-0.4, -0.2) is 42.4 Å². The number of piperidine rings is 1. The maximum Gasteiger partial charge on any atom is 0.223 e. The molecule has 0 unspecified atom stereocenters. The number of carbonyl (C=O) groups excluding carboxylic acids is 2. The van der Waals surface area contributed by atoms with E-state index in [1.54, 1.807) is 12.1 Å². The van der Waals surface area contributed by atoms with E-state index in [-0.39, 0.29) is 30.6 Å². The number of halogens is 1. The molecule has 1 aliphatic rings. The molecule has 0 radical (unpaired) electrons. The Bertz CT molecular complexity index is 814. The summed E-state index contributed by atoms with van der Waals surface area (Å²) in [6.45, 7) is 3.81. The van der Waals surface area contributed by atoms with Crippen molar-refractivity contribution >= 4 is 34.6 Å². The number of hydrogen-bond donors (Lipinski definition) is 0. The highest BCUT2D eigenvalue weighted by Gasteiger charge is 2.25. The number of likely N-dealkylation sites (tertiary alicyclic amines) is 1. The zero-order chi connectivity index (χ0) is 19.9. The molecule has 2 aromatic rings. The van der Waals surface area contributed by atoms with E-state index in [9.17, 15) is 9.59 Å². The second-order valence-electron chi connectivity index (χ2n) is 6.60. The quantitative estimate of drug-likeness (QED) is 0.572. The van der Waals surface area contributed by atoms with E-state index >= 15 is 0 Å². The van der Waals surface area contributed by atoms with Crippen molar-refractivity contribution in [2.75, 3.05) is 19.7 Å². The molecule has 0 spiro atoms. The molecule has 28 heavy (non-hydrogen) atoms. The molecule has 0 N–H and O–H groups in total. The first-order valence-electron chi connectivity index (χ1n) is 9.51. The van der Waals surface area contributed by atoms with Crippen molar-refractivity contribution in [1.82, 2.24) is 4.90 Å². The number of ketones is 1. The highest BCUT2D eigenvalue weighted by atomic mass is 35.5.